The molecule has 1 heterocycles. The summed E-state index contributed by atoms with van der Waals surface area (Å²) in [4.78, 5) is 36.2. The molecule has 8 heteroatoms. The summed E-state index contributed by atoms with van der Waals surface area (Å²) in [5.74, 6) is -0.447. The number of carbonyl (C=O) groups excluding carboxylic acids is 3. The molecule has 32 heavy (non-hydrogen) atoms. The Balaban J connectivity index is 1.47. The van der Waals surface area contributed by atoms with Crippen LogP contribution in [0.5, 0.6) is 0 Å². The summed E-state index contributed by atoms with van der Waals surface area (Å²) in [7, 11) is 0. The van der Waals surface area contributed by atoms with Gasteiger partial charge in [-0.05, 0) is 61.7 Å². The number of amides is 3. The van der Waals surface area contributed by atoms with Crippen molar-refractivity contribution in [3.05, 3.63) is 53.6 Å². The summed E-state index contributed by atoms with van der Waals surface area (Å²) in [6.45, 7) is 5.02. The number of rotatable bonds is 9. The van der Waals surface area contributed by atoms with Crippen LogP contribution >= 0.6 is 0 Å². The maximum Gasteiger partial charge on any atom is 0.251 e. The van der Waals surface area contributed by atoms with Gasteiger partial charge in [-0.25, -0.2) is 0 Å². The Morgan fingerprint density at radius 1 is 1.00 bits per heavy atom. The monoisotopic (exact) mass is 438 g/mol. The summed E-state index contributed by atoms with van der Waals surface area (Å²) < 4.78 is 5.51. The number of nitrogens with one attached hydrogen (secondary N) is 4. The Labute approximate surface area is 188 Å². The van der Waals surface area contributed by atoms with Crippen molar-refractivity contribution in [2.75, 3.05) is 35.6 Å². The van der Waals surface area contributed by atoms with E-state index in [9.17, 15) is 14.4 Å². The van der Waals surface area contributed by atoms with E-state index in [-0.39, 0.29) is 30.4 Å². The highest BCUT2D eigenvalue weighted by Crippen LogP contribution is 2.20. The number of ether oxygens (including phenoxy) is 1. The third-order valence-electron chi connectivity index (χ3n) is 5.23. The van der Waals surface area contributed by atoms with Crippen LogP contribution in [0.25, 0.3) is 0 Å². The first-order chi connectivity index (χ1) is 15.4. The highest BCUT2D eigenvalue weighted by Gasteiger charge is 2.16. The molecule has 170 valence electrons. The number of anilines is 3. The molecule has 3 amide bonds. The number of carbonyl (C=O) groups is 3. The Bertz CT molecular complexity index is 953. The molecule has 0 bridgehead atoms. The lowest BCUT2D eigenvalue weighted by atomic mass is 10.1. The first-order valence-electron chi connectivity index (χ1n) is 10.9. The third-order valence-corrected chi connectivity index (χ3v) is 5.23. The van der Waals surface area contributed by atoms with Crippen LogP contribution in [0.15, 0.2) is 42.5 Å². The maximum absolute atomic E-state index is 12.3. The zero-order valence-corrected chi connectivity index (χ0v) is 18.5. The van der Waals surface area contributed by atoms with Gasteiger partial charge < -0.3 is 26.0 Å². The van der Waals surface area contributed by atoms with E-state index in [1.807, 2.05) is 13.0 Å². The quantitative estimate of drug-likeness (QED) is 0.480. The molecule has 0 saturated carbocycles. The molecule has 0 aromatic heterocycles. The van der Waals surface area contributed by atoms with Gasteiger partial charge in [-0.1, -0.05) is 13.0 Å². The standard InChI is InChI=1S/C24H30N4O4/c1-3-22(29)28-21-13-19(9-6-16(21)2)27-23(30)15-25-18-10-7-17(8-11-18)24(31)26-14-20-5-4-12-32-20/h6-11,13,20,25H,3-5,12,14-15H2,1-2H3,(H,26,31)(H,27,30)(H,28,29). The van der Waals surface area contributed by atoms with Crippen molar-refractivity contribution in [1.82, 2.24) is 5.32 Å². The second-order valence-electron chi connectivity index (χ2n) is 7.76. The summed E-state index contributed by atoms with van der Waals surface area (Å²) in [5.41, 5.74) is 3.49. The van der Waals surface area contributed by atoms with E-state index < -0.39 is 0 Å². The molecule has 2 aromatic carbocycles. The van der Waals surface area contributed by atoms with Crippen LogP contribution < -0.4 is 21.3 Å². The van der Waals surface area contributed by atoms with Gasteiger partial charge in [0.05, 0.1) is 12.6 Å². The van der Waals surface area contributed by atoms with Crippen molar-refractivity contribution in [1.29, 1.82) is 0 Å². The van der Waals surface area contributed by atoms with E-state index in [1.54, 1.807) is 43.3 Å². The van der Waals surface area contributed by atoms with Gasteiger partial charge in [0.25, 0.3) is 5.91 Å². The molecular weight excluding hydrogens is 408 g/mol. The third kappa shape index (κ3) is 6.81. The molecule has 8 nitrogen and oxygen atoms in total. The Morgan fingerprint density at radius 3 is 2.44 bits per heavy atom. The largest absolute Gasteiger partial charge is 0.376 e. The van der Waals surface area contributed by atoms with Gasteiger partial charge in [0.1, 0.15) is 0 Å². The highest BCUT2D eigenvalue weighted by molar-refractivity contribution is 5.96. The van der Waals surface area contributed by atoms with Crippen molar-refractivity contribution in [2.45, 2.75) is 39.2 Å². The SMILES string of the molecule is CCC(=O)Nc1cc(NC(=O)CNc2ccc(C(=O)NCC3CCCO3)cc2)ccc1C. The average molecular weight is 439 g/mol. The lowest BCUT2D eigenvalue weighted by Crippen LogP contribution is -2.31. The van der Waals surface area contributed by atoms with Gasteiger partial charge in [-0.2, -0.15) is 0 Å². The van der Waals surface area contributed by atoms with Crippen LogP contribution in [0, 0.1) is 6.92 Å². The van der Waals surface area contributed by atoms with Crippen LogP contribution in [0.1, 0.15) is 42.1 Å². The van der Waals surface area contributed by atoms with E-state index in [1.165, 1.54) is 0 Å². The van der Waals surface area contributed by atoms with Gasteiger partial charge in [0.2, 0.25) is 11.8 Å². The first kappa shape index (κ1) is 23.3. The maximum atomic E-state index is 12.3. The summed E-state index contributed by atoms with van der Waals surface area (Å²) in [6.07, 6.45) is 2.50. The number of hydrogen-bond donors (Lipinski definition) is 4. The second kappa shape index (κ2) is 11.3. The Hall–Kier alpha value is -3.39. The molecule has 1 aliphatic rings. The molecule has 0 aliphatic carbocycles. The minimum atomic E-state index is -0.222. The van der Waals surface area contributed by atoms with Crippen molar-refractivity contribution in [3.8, 4) is 0 Å². The number of aryl methyl sites for hydroxylation is 1. The summed E-state index contributed by atoms with van der Waals surface area (Å²) in [6, 6.07) is 12.3. The molecule has 1 fully saturated rings. The van der Waals surface area contributed by atoms with Crippen molar-refractivity contribution < 1.29 is 19.1 Å². The Kier molecular flexibility index (Phi) is 8.21. The molecule has 0 radical (unpaired) electrons. The lowest BCUT2D eigenvalue weighted by Gasteiger charge is -2.12. The summed E-state index contributed by atoms with van der Waals surface area (Å²) >= 11 is 0. The highest BCUT2D eigenvalue weighted by atomic mass is 16.5. The zero-order valence-electron chi connectivity index (χ0n) is 18.5. The van der Waals surface area contributed by atoms with E-state index in [0.717, 1.165) is 30.7 Å². The predicted octanol–water partition coefficient (Wildman–Crippen LogP) is 3.30. The predicted molar refractivity (Wildman–Crippen MR) is 125 cm³/mol. The van der Waals surface area contributed by atoms with Crippen LogP contribution in [0.3, 0.4) is 0 Å². The van der Waals surface area contributed by atoms with Crippen molar-refractivity contribution >= 4 is 34.8 Å². The fourth-order valence-corrected chi connectivity index (χ4v) is 3.31. The van der Waals surface area contributed by atoms with Gasteiger partial charge in [-0.3, -0.25) is 14.4 Å². The van der Waals surface area contributed by atoms with E-state index in [0.29, 0.717) is 29.9 Å². The molecule has 0 spiro atoms. The molecule has 3 rings (SSSR count). The van der Waals surface area contributed by atoms with Crippen molar-refractivity contribution in [2.24, 2.45) is 0 Å². The van der Waals surface area contributed by atoms with Gasteiger partial charge in [0, 0.05) is 42.2 Å². The summed E-state index contributed by atoms with van der Waals surface area (Å²) in [5, 5.41) is 11.6. The minimum Gasteiger partial charge on any atom is -0.376 e. The molecule has 1 unspecified atom stereocenters. The molecular formula is C24H30N4O4. The van der Waals surface area contributed by atoms with Crippen LogP contribution in [0.2, 0.25) is 0 Å². The van der Waals surface area contributed by atoms with Gasteiger partial charge >= 0.3 is 0 Å². The fraction of sp³-hybridized carbons (Fsp3) is 0.375. The molecule has 1 saturated heterocycles. The normalized spacial score (nSPS) is 15.1. The smallest absolute Gasteiger partial charge is 0.251 e. The van der Waals surface area contributed by atoms with Crippen molar-refractivity contribution in [3.63, 3.8) is 0 Å². The fourth-order valence-electron chi connectivity index (χ4n) is 3.31. The second-order valence-corrected chi connectivity index (χ2v) is 7.76. The van der Waals surface area contributed by atoms with Crippen LogP contribution in [-0.4, -0.2) is 43.5 Å². The Morgan fingerprint density at radius 2 is 1.75 bits per heavy atom. The molecule has 1 atom stereocenters. The van der Waals surface area contributed by atoms with Gasteiger partial charge in [-0.15, -0.1) is 0 Å². The topological polar surface area (TPSA) is 109 Å². The number of hydrogen-bond acceptors (Lipinski definition) is 5. The minimum absolute atomic E-state index is 0.0646. The van der Waals surface area contributed by atoms with E-state index in [4.69, 9.17) is 4.74 Å². The zero-order chi connectivity index (χ0) is 22.9. The number of benzene rings is 2. The van der Waals surface area contributed by atoms with Gasteiger partial charge in [0.15, 0.2) is 0 Å². The average Bonchev–Trinajstić information content (AvgIpc) is 3.32. The lowest BCUT2D eigenvalue weighted by molar-refractivity contribution is -0.116. The van der Waals surface area contributed by atoms with E-state index >= 15 is 0 Å². The first-order valence-corrected chi connectivity index (χ1v) is 10.9. The molecule has 2 aromatic rings. The molecule has 1 aliphatic heterocycles. The van der Waals surface area contributed by atoms with Crippen LogP contribution in [-0.2, 0) is 14.3 Å². The van der Waals surface area contributed by atoms with E-state index in [2.05, 4.69) is 21.3 Å². The molecule has 4 N–H and O–H groups in total. The van der Waals surface area contributed by atoms with Crippen LogP contribution in [0.4, 0.5) is 17.1 Å².